The minimum Gasteiger partial charge on any atom is -0.367 e. The Morgan fingerprint density at radius 1 is 1.38 bits per heavy atom. The second kappa shape index (κ2) is 7.89. The molecule has 1 saturated heterocycles. The van der Waals surface area contributed by atoms with Crippen LogP contribution < -0.4 is 10.2 Å². The molecule has 0 aliphatic carbocycles. The molecule has 0 aromatic heterocycles. The van der Waals surface area contributed by atoms with Gasteiger partial charge in [-0.25, -0.2) is 0 Å². The van der Waals surface area contributed by atoms with Gasteiger partial charge in [0.2, 0.25) is 0 Å². The molecule has 0 saturated carbocycles. The average molecular weight is 371 g/mol. The number of thioether (sulfide) groups is 1. The van der Waals surface area contributed by atoms with Gasteiger partial charge in [0.05, 0.1) is 0 Å². The maximum atomic E-state index is 3.64. The van der Waals surface area contributed by atoms with Gasteiger partial charge in [0.1, 0.15) is 0 Å². The molecule has 0 spiro atoms. The Morgan fingerprint density at radius 3 is 2.86 bits per heavy atom. The molecule has 2 unspecified atom stereocenters. The molecule has 21 heavy (non-hydrogen) atoms. The number of rotatable bonds is 5. The van der Waals surface area contributed by atoms with Gasteiger partial charge in [-0.3, -0.25) is 0 Å². The Kier molecular flexibility index (Phi) is 6.45. The first-order valence-electron chi connectivity index (χ1n) is 7.86. The molecule has 1 aliphatic heterocycles. The highest BCUT2D eigenvalue weighted by molar-refractivity contribution is 9.10. The molecular weight excluding hydrogens is 344 g/mol. The highest BCUT2D eigenvalue weighted by Gasteiger charge is 2.26. The lowest BCUT2D eigenvalue weighted by Crippen LogP contribution is -2.45. The third-order valence-electron chi connectivity index (χ3n) is 4.11. The summed E-state index contributed by atoms with van der Waals surface area (Å²) in [6.45, 7) is 12.4. The molecule has 1 heterocycles. The Balaban J connectivity index is 2.18. The Bertz CT molecular complexity index is 464. The minimum atomic E-state index is 0.585. The number of hydrogen-bond acceptors (Lipinski definition) is 3. The van der Waals surface area contributed by atoms with Gasteiger partial charge in [-0.1, -0.05) is 42.8 Å². The molecule has 1 N–H and O–H groups in total. The van der Waals surface area contributed by atoms with Crippen LogP contribution >= 0.6 is 27.7 Å². The van der Waals surface area contributed by atoms with Crippen LogP contribution in [0.4, 0.5) is 5.69 Å². The maximum absolute atomic E-state index is 3.64. The molecule has 4 heteroatoms. The lowest BCUT2D eigenvalue weighted by Gasteiger charge is -2.40. The van der Waals surface area contributed by atoms with Gasteiger partial charge in [-0.05, 0) is 37.1 Å². The number of anilines is 1. The van der Waals surface area contributed by atoms with Crippen LogP contribution in [0.2, 0.25) is 0 Å². The molecule has 2 atom stereocenters. The van der Waals surface area contributed by atoms with E-state index in [0.717, 1.165) is 19.6 Å². The van der Waals surface area contributed by atoms with Crippen LogP contribution in [0, 0.1) is 5.92 Å². The molecule has 0 radical (unpaired) electrons. The summed E-state index contributed by atoms with van der Waals surface area (Å²) in [5.41, 5.74) is 2.80. The van der Waals surface area contributed by atoms with Crippen molar-refractivity contribution < 1.29 is 0 Å². The van der Waals surface area contributed by atoms with Crippen molar-refractivity contribution >= 4 is 33.4 Å². The van der Waals surface area contributed by atoms with Crippen LogP contribution in [0.3, 0.4) is 0 Å². The number of hydrogen-bond donors (Lipinski definition) is 1. The predicted octanol–water partition coefficient (Wildman–Crippen LogP) is 4.52. The summed E-state index contributed by atoms with van der Waals surface area (Å²) >= 11 is 5.72. The topological polar surface area (TPSA) is 15.3 Å². The summed E-state index contributed by atoms with van der Waals surface area (Å²) in [6, 6.07) is 7.28. The van der Waals surface area contributed by atoms with Crippen molar-refractivity contribution in [2.75, 3.05) is 23.7 Å². The Morgan fingerprint density at radius 2 is 2.14 bits per heavy atom. The van der Waals surface area contributed by atoms with Crippen molar-refractivity contribution in [2.24, 2.45) is 5.92 Å². The zero-order chi connectivity index (χ0) is 15.4. The van der Waals surface area contributed by atoms with Gasteiger partial charge >= 0.3 is 0 Å². The SMILES string of the molecule is CC(C)CNCc1ccc(Br)cc1N1CCSC(C)C1C. The first-order chi connectivity index (χ1) is 9.99. The monoisotopic (exact) mass is 370 g/mol. The molecular formula is C17H27BrN2S. The van der Waals surface area contributed by atoms with E-state index in [2.05, 4.69) is 83.8 Å². The van der Waals surface area contributed by atoms with E-state index in [9.17, 15) is 0 Å². The Labute approximate surface area is 142 Å². The van der Waals surface area contributed by atoms with E-state index in [1.807, 2.05) is 0 Å². The zero-order valence-electron chi connectivity index (χ0n) is 13.5. The van der Waals surface area contributed by atoms with Crippen LogP contribution in [-0.2, 0) is 6.54 Å². The highest BCUT2D eigenvalue weighted by atomic mass is 79.9. The molecule has 1 fully saturated rings. The summed E-state index contributed by atoms with van der Waals surface area (Å²) in [6.07, 6.45) is 0. The number of benzene rings is 1. The van der Waals surface area contributed by atoms with Crippen LogP contribution in [0.5, 0.6) is 0 Å². The number of nitrogens with zero attached hydrogens (tertiary/aromatic N) is 1. The molecule has 0 bridgehead atoms. The molecule has 1 aromatic rings. The van der Waals surface area contributed by atoms with Crippen molar-refractivity contribution in [1.82, 2.24) is 5.32 Å². The van der Waals surface area contributed by atoms with Crippen molar-refractivity contribution in [2.45, 2.75) is 45.5 Å². The summed E-state index contributed by atoms with van der Waals surface area (Å²) in [4.78, 5) is 2.58. The van der Waals surface area contributed by atoms with E-state index in [-0.39, 0.29) is 0 Å². The molecule has 1 aromatic carbocycles. The third kappa shape index (κ3) is 4.64. The highest BCUT2D eigenvalue weighted by Crippen LogP contribution is 2.33. The summed E-state index contributed by atoms with van der Waals surface area (Å²) < 4.78 is 1.17. The lowest BCUT2D eigenvalue weighted by atomic mass is 10.1. The van der Waals surface area contributed by atoms with Crippen molar-refractivity contribution in [1.29, 1.82) is 0 Å². The first kappa shape index (κ1) is 17.2. The molecule has 2 rings (SSSR count). The molecule has 1 aliphatic rings. The quantitative estimate of drug-likeness (QED) is 0.819. The van der Waals surface area contributed by atoms with E-state index >= 15 is 0 Å². The van der Waals surface area contributed by atoms with Crippen molar-refractivity contribution in [3.05, 3.63) is 28.2 Å². The number of halogens is 1. The average Bonchev–Trinajstić information content (AvgIpc) is 2.43. The lowest BCUT2D eigenvalue weighted by molar-refractivity contribution is 0.550. The van der Waals surface area contributed by atoms with E-state index in [1.54, 1.807) is 0 Å². The normalized spacial score (nSPS) is 22.9. The fraction of sp³-hybridized carbons (Fsp3) is 0.647. The summed E-state index contributed by atoms with van der Waals surface area (Å²) in [7, 11) is 0. The fourth-order valence-corrected chi connectivity index (χ4v) is 4.17. The predicted molar refractivity (Wildman–Crippen MR) is 99.4 cm³/mol. The standard InChI is InChI=1S/C17H27BrN2S/c1-12(2)10-19-11-15-5-6-16(18)9-17(15)20-7-8-21-14(4)13(20)3/h5-6,9,12-14,19H,7-8,10-11H2,1-4H3. The molecule has 2 nitrogen and oxygen atoms in total. The van der Waals surface area contributed by atoms with Gasteiger partial charge in [0, 0.05) is 40.3 Å². The molecule has 118 valence electrons. The van der Waals surface area contributed by atoms with Gasteiger partial charge in [0.25, 0.3) is 0 Å². The van der Waals surface area contributed by atoms with Crippen LogP contribution in [0.15, 0.2) is 22.7 Å². The minimum absolute atomic E-state index is 0.585. The summed E-state index contributed by atoms with van der Waals surface area (Å²) in [5, 5.41) is 4.27. The van der Waals surface area contributed by atoms with E-state index in [4.69, 9.17) is 0 Å². The van der Waals surface area contributed by atoms with Crippen LogP contribution in [0.25, 0.3) is 0 Å². The molecule has 0 amide bonds. The first-order valence-corrected chi connectivity index (χ1v) is 9.70. The van der Waals surface area contributed by atoms with Gasteiger partial charge in [-0.2, -0.15) is 11.8 Å². The Hall–Kier alpha value is -0.190. The van der Waals surface area contributed by atoms with Gasteiger partial charge < -0.3 is 10.2 Å². The zero-order valence-corrected chi connectivity index (χ0v) is 15.9. The third-order valence-corrected chi connectivity index (χ3v) is 5.94. The number of nitrogens with one attached hydrogen (secondary N) is 1. The van der Waals surface area contributed by atoms with E-state index < -0.39 is 0 Å². The van der Waals surface area contributed by atoms with E-state index in [1.165, 1.54) is 21.5 Å². The van der Waals surface area contributed by atoms with Crippen LogP contribution in [0.1, 0.15) is 33.3 Å². The van der Waals surface area contributed by atoms with Crippen molar-refractivity contribution in [3.63, 3.8) is 0 Å². The largest absolute Gasteiger partial charge is 0.367 e. The second-order valence-corrected chi connectivity index (χ2v) is 8.71. The maximum Gasteiger partial charge on any atom is 0.0426 e. The second-order valence-electron chi connectivity index (χ2n) is 6.31. The van der Waals surface area contributed by atoms with E-state index in [0.29, 0.717) is 17.2 Å². The fourth-order valence-electron chi connectivity index (χ4n) is 2.72. The smallest absolute Gasteiger partial charge is 0.0426 e. The summed E-state index contributed by atoms with van der Waals surface area (Å²) in [5.74, 6) is 1.91. The van der Waals surface area contributed by atoms with Crippen LogP contribution in [-0.4, -0.2) is 30.1 Å². The van der Waals surface area contributed by atoms with Gasteiger partial charge in [-0.15, -0.1) is 0 Å². The van der Waals surface area contributed by atoms with Crippen molar-refractivity contribution in [3.8, 4) is 0 Å². The van der Waals surface area contributed by atoms with Gasteiger partial charge in [0.15, 0.2) is 0 Å².